The zero-order chi connectivity index (χ0) is 17.0. The molecule has 1 saturated heterocycles. The van der Waals surface area contributed by atoms with Crippen molar-refractivity contribution >= 4 is 18.4 Å². The van der Waals surface area contributed by atoms with Crippen molar-refractivity contribution in [2.24, 2.45) is 0 Å². The van der Waals surface area contributed by atoms with Crippen LogP contribution in [-0.2, 0) is 4.79 Å². The van der Waals surface area contributed by atoms with E-state index in [2.05, 4.69) is 4.90 Å². The van der Waals surface area contributed by atoms with Crippen LogP contribution in [0.15, 0.2) is 18.2 Å². The summed E-state index contributed by atoms with van der Waals surface area (Å²) in [5, 5.41) is 8.90. The predicted molar refractivity (Wildman–Crippen MR) is 91.5 cm³/mol. The largest absolute Gasteiger partial charge is 0.480 e. The Morgan fingerprint density at radius 1 is 1.38 bits per heavy atom. The van der Waals surface area contributed by atoms with Crippen molar-refractivity contribution in [3.05, 3.63) is 35.4 Å². The van der Waals surface area contributed by atoms with Gasteiger partial charge in [-0.2, -0.15) is 0 Å². The van der Waals surface area contributed by atoms with Gasteiger partial charge in [-0.1, -0.05) is 6.07 Å². The first kappa shape index (κ1) is 20.8. The Labute approximate surface area is 147 Å². The maximum atomic E-state index is 14.0. The van der Waals surface area contributed by atoms with Gasteiger partial charge >= 0.3 is 5.97 Å². The van der Waals surface area contributed by atoms with E-state index in [0.29, 0.717) is 5.56 Å². The third-order valence-corrected chi connectivity index (χ3v) is 4.70. The second-order valence-corrected chi connectivity index (χ2v) is 6.27. The van der Waals surface area contributed by atoms with Crippen LogP contribution in [0.5, 0.6) is 0 Å². The van der Waals surface area contributed by atoms with Crippen LogP contribution in [0.25, 0.3) is 0 Å². The first-order valence-corrected chi connectivity index (χ1v) is 7.99. The molecule has 0 bridgehead atoms. The molecule has 1 aromatic rings. The molecule has 2 rings (SSSR count). The van der Waals surface area contributed by atoms with Crippen LogP contribution in [-0.4, -0.2) is 53.6 Å². The molecule has 0 aromatic heterocycles. The summed E-state index contributed by atoms with van der Waals surface area (Å²) in [5.41, 5.74) is 0.503. The average molecular weight is 363 g/mol. The van der Waals surface area contributed by atoms with Gasteiger partial charge in [0.05, 0.1) is 6.54 Å². The molecule has 0 spiro atoms. The van der Waals surface area contributed by atoms with Crippen molar-refractivity contribution in [3.8, 4) is 0 Å². The van der Waals surface area contributed by atoms with Crippen LogP contribution in [0.3, 0.4) is 0 Å². The summed E-state index contributed by atoms with van der Waals surface area (Å²) in [6, 6.07) is 3.82. The second-order valence-electron chi connectivity index (χ2n) is 6.27. The Bertz CT molecular complexity index is 559. The molecule has 24 heavy (non-hydrogen) atoms. The average Bonchev–Trinajstić information content (AvgIpc) is 2.71. The van der Waals surface area contributed by atoms with E-state index >= 15 is 0 Å². The lowest BCUT2D eigenvalue weighted by molar-refractivity contribution is -0.138. The maximum Gasteiger partial charge on any atom is 0.317 e. The van der Waals surface area contributed by atoms with Crippen molar-refractivity contribution in [1.29, 1.82) is 0 Å². The summed E-state index contributed by atoms with van der Waals surface area (Å²) in [6.45, 7) is 3.56. The van der Waals surface area contributed by atoms with Gasteiger partial charge in [-0.15, -0.1) is 12.4 Å². The third-order valence-electron chi connectivity index (χ3n) is 4.70. The molecule has 1 aliphatic heterocycles. The fourth-order valence-electron chi connectivity index (χ4n) is 3.31. The topological polar surface area (TPSA) is 43.8 Å². The highest BCUT2D eigenvalue weighted by atomic mass is 35.5. The fourth-order valence-corrected chi connectivity index (χ4v) is 3.31. The number of carboxylic acid groups (broad SMARTS) is 1. The van der Waals surface area contributed by atoms with Gasteiger partial charge in [0.2, 0.25) is 0 Å². The Morgan fingerprint density at radius 2 is 2.08 bits per heavy atom. The normalized spacial score (nSPS) is 20.3. The van der Waals surface area contributed by atoms with Crippen LogP contribution >= 0.6 is 12.4 Å². The van der Waals surface area contributed by atoms with Crippen molar-refractivity contribution < 1.29 is 18.7 Å². The number of carboxylic acids is 1. The molecule has 1 aliphatic rings. The molecule has 0 saturated carbocycles. The predicted octanol–water partition coefficient (Wildman–Crippen LogP) is 3.32. The number of likely N-dealkylation sites (tertiary alicyclic amines) is 1. The van der Waals surface area contributed by atoms with E-state index < -0.39 is 17.6 Å². The molecule has 0 aliphatic carbocycles. The van der Waals surface area contributed by atoms with Crippen LogP contribution in [0.2, 0.25) is 0 Å². The van der Waals surface area contributed by atoms with Crippen molar-refractivity contribution in [2.45, 2.75) is 38.3 Å². The lowest BCUT2D eigenvalue weighted by Crippen LogP contribution is -2.37. The van der Waals surface area contributed by atoms with Gasteiger partial charge in [-0.05, 0) is 45.8 Å². The SMILES string of the molecule is CC(c1ccc(F)cc1F)N1CCCC(N(C)CC(=O)O)CC1.Cl. The Hall–Kier alpha value is -1.24. The smallest absolute Gasteiger partial charge is 0.317 e. The first-order chi connectivity index (χ1) is 10.9. The number of likely N-dealkylation sites (N-methyl/N-ethyl adjacent to an activating group) is 1. The molecule has 7 heteroatoms. The van der Waals surface area contributed by atoms with Gasteiger partial charge in [0.1, 0.15) is 11.6 Å². The lowest BCUT2D eigenvalue weighted by atomic mass is 10.1. The third kappa shape index (κ3) is 5.40. The van der Waals surface area contributed by atoms with E-state index in [4.69, 9.17) is 5.11 Å². The molecule has 1 aromatic carbocycles. The van der Waals surface area contributed by atoms with Crippen LogP contribution in [0.1, 0.15) is 37.8 Å². The number of rotatable bonds is 5. The minimum atomic E-state index is -0.824. The minimum absolute atomic E-state index is 0. The number of benzene rings is 1. The molecule has 1 N–H and O–H groups in total. The molecule has 1 heterocycles. The van der Waals surface area contributed by atoms with Gasteiger partial charge in [-0.25, -0.2) is 8.78 Å². The Morgan fingerprint density at radius 3 is 2.71 bits per heavy atom. The van der Waals surface area contributed by atoms with Crippen LogP contribution < -0.4 is 0 Å². The van der Waals surface area contributed by atoms with Crippen LogP contribution in [0, 0.1) is 11.6 Å². The number of halogens is 3. The monoisotopic (exact) mass is 362 g/mol. The van der Waals surface area contributed by atoms with Crippen LogP contribution in [0.4, 0.5) is 8.78 Å². The molecule has 0 amide bonds. The summed E-state index contributed by atoms with van der Waals surface area (Å²) < 4.78 is 27.0. The van der Waals surface area contributed by atoms with Gasteiger partial charge in [0.25, 0.3) is 0 Å². The first-order valence-electron chi connectivity index (χ1n) is 7.99. The van der Waals surface area contributed by atoms with E-state index in [1.807, 2.05) is 18.9 Å². The number of aliphatic carboxylic acids is 1. The maximum absolute atomic E-state index is 14.0. The number of nitrogens with zero attached hydrogens (tertiary/aromatic N) is 2. The summed E-state index contributed by atoms with van der Waals surface area (Å²) >= 11 is 0. The second kappa shape index (κ2) is 9.30. The summed E-state index contributed by atoms with van der Waals surface area (Å²) in [7, 11) is 1.83. The summed E-state index contributed by atoms with van der Waals surface area (Å²) in [5.74, 6) is -1.90. The molecular weight excluding hydrogens is 338 g/mol. The van der Waals surface area contributed by atoms with Gasteiger partial charge < -0.3 is 5.11 Å². The Balaban J connectivity index is 0.00000288. The van der Waals surface area contributed by atoms with Crippen molar-refractivity contribution in [2.75, 3.05) is 26.7 Å². The lowest BCUT2D eigenvalue weighted by Gasteiger charge is -2.29. The van der Waals surface area contributed by atoms with E-state index in [1.54, 1.807) is 0 Å². The Kier molecular flexibility index (Phi) is 8.06. The van der Waals surface area contributed by atoms with E-state index in [1.165, 1.54) is 12.1 Å². The standard InChI is InChI=1S/C17H24F2N2O2.ClH/c1-12(15-6-5-13(18)10-16(15)19)21-8-3-4-14(7-9-21)20(2)11-17(22)23;/h5-6,10,12,14H,3-4,7-9,11H2,1-2H3,(H,22,23);1H. The molecular formula is C17H25ClF2N2O2. The molecule has 4 nitrogen and oxygen atoms in total. The zero-order valence-electron chi connectivity index (χ0n) is 14.0. The fraction of sp³-hybridized carbons (Fsp3) is 0.588. The van der Waals surface area contributed by atoms with Gasteiger partial charge in [0.15, 0.2) is 0 Å². The van der Waals surface area contributed by atoms with E-state index in [9.17, 15) is 13.6 Å². The number of hydrogen-bond donors (Lipinski definition) is 1. The zero-order valence-corrected chi connectivity index (χ0v) is 14.9. The number of hydrogen-bond acceptors (Lipinski definition) is 3. The molecule has 136 valence electrons. The highest BCUT2D eigenvalue weighted by Gasteiger charge is 2.25. The van der Waals surface area contributed by atoms with Crippen molar-refractivity contribution in [3.63, 3.8) is 0 Å². The number of carbonyl (C=O) groups is 1. The van der Waals surface area contributed by atoms with E-state index in [0.717, 1.165) is 38.4 Å². The minimum Gasteiger partial charge on any atom is -0.480 e. The highest BCUT2D eigenvalue weighted by molar-refractivity contribution is 5.85. The molecule has 2 unspecified atom stereocenters. The summed E-state index contributed by atoms with van der Waals surface area (Å²) in [6.07, 6.45) is 2.71. The highest BCUT2D eigenvalue weighted by Crippen LogP contribution is 2.27. The quantitative estimate of drug-likeness (QED) is 0.872. The molecule has 1 fully saturated rings. The molecule has 0 radical (unpaired) electrons. The van der Waals surface area contributed by atoms with Crippen molar-refractivity contribution in [1.82, 2.24) is 9.80 Å². The summed E-state index contributed by atoms with van der Waals surface area (Å²) in [4.78, 5) is 14.9. The van der Waals surface area contributed by atoms with Gasteiger partial charge in [0, 0.05) is 30.3 Å². The molecule has 2 atom stereocenters. The van der Waals surface area contributed by atoms with E-state index in [-0.39, 0.29) is 31.0 Å². The van der Waals surface area contributed by atoms with Gasteiger partial charge in [-0.3, -0.25) is 14.6 Å².